The topological polar surface area (TPSA) is 91.3 Å². The van der Waals surface area contributed by atoms with Crippen LogP contribution in [0.25, 0.3) is 0 Å². The van der Waals surface area contributed by atoms with E-state index in [9.17, 15) is 15.0 Å². The van der Waals surface area contributed by atoms with E-state index < -0.39 is 18.5 Å². The van der Waals surface area contributed by atoms with Crippen LogP contribution in [0.2, 0.25) is 0 Å². The van der Waals surface area contributed by atoms with E-state index in [-0.39, 0.29) is 12.5 Å². The molecule has 0 bridgehead atoms. The van der Waals surface area contributed by atoms with E-state index in [1.807, 2.05) is 24.3 Å². The molecule has 7 nitrogen and oxygen atoms in total. The number of para-hydroxylation sites is 1. The van der Waals surface area contributed by atoms with Gasteiger partial charge in [0.1, 0.15) is 5.75 Å². The monoisotopic (exact) mass is 336 g/mol. The number of nitrogens with one attached hydrogen (secondary N) is 1. The van der Waals surface area contributed by atoms with Gasteiger partial charge in [-0.15, -0.1) is 0 Å². The molecular formula is C17H24N2O5. The Morgan fingerprint density at radius 2 is 2.17 bits per heavy atom. The maximum absolute atomic E-state index is 12.0. The molecule has 1 aromatic carbocycles. The number of piperazine rings is 1. The second-order valence-electron chi connectivity index (χ2n) is 6.21. The molecule has 3 unspecified atom stereocenters. The van der Waals surface area contributed by atoms with Crippen LogP contribution in [0.5, 0.6) is 5.75 Å². The normalized spacial score (nSPS) is 28.0. The number of hydrogen-bond donors (Lipinski definition) is 3. The van der Waals surface area contributed by atoms with Crippen LogP contribution >= 0.6 is 0 Å². The molecule has 7 heteroatoms. The minimum absolute atomic E-state index is 0.0701. The number of amides is 1. The molecule has 3 N–H and O–H groups in total. The minimum Gasteiger partial charge on any atom is -0.464 e. The quantitative estimate of drug-likeness (QED) is 0.693. The Hall–Kier alpha value is -1.67. The number of carbonyl (C=O) groups is 1. The summed E-state index contributed by atoms with van der Waals surface area (Å²) in [5, 5.41) is 22.2. The van der Waals surface area contributed by atoms with Gasteiger partial charge in [-0.05, 0) is 6.07 Å². The first-order valence-electron chi connectivity index (χ1n) is 8.33. The lowest BCUT2D eigenvalue weighted by atomic mass is 10.1. The maximum Gasteiger partial charge on any atom is 0.236 e. The highest BCUT2D eigenvalue weighted by molar-refractivity contribution is 5.79. The van der Waals surface area contributed by atoms with Crippen molar-refractivity contribution in [2.45, 2.75) is 37.9 Å². The molecule has 2 aliphatic rings. The van der Waals surface area contributed by atoms with Crippen molar-refractivity contribution in [3.05, 3.63) is 29.8 Å². The summed E-state index contributed by atoms with van der Waals surface area (Å²) in [6.07, 6.45) is -0.806. The molecule has 2 saturated heterocycles. The summed E-state index contributed by atoms with van der Waals surface area (Å²) in [5.41, 5.74) is 0.900. The Bertz CT molecular complexity index is 568. The van der Waals surface area contributed by atoms with Crippen molar-refractivity contribution in [3.8, 4) is 5.75 Å². The van der Waals surface area contributed by atoms with Crippen molar-refractivity contribution in [2.75, 3.05) is 26.2 Å². The summed E-state index contributed by atoms with van der Waals surface area (Å²) >= 11 is 0. The molecule has 1 aromatic rings. The Kier molecular flexibility index (Phi) is 5.68. The molecule has 2 heterocycles. The van der Waals surface area contributed by atoms with E-state index in [0.29, 0.717) is 38.2 Å². The van der Waals surface area contributed by atoms with Gasteiger partial charge in [-0.2, -0.15) is 0 Å². The first-order valence-corrected chi connectivity index (χ1v) is 8.33. The molecule has 0 radical (unpaired) electrons. The number of carbonyl (C=O) groups excluding carboxylic acids is 1. The fraction of sp³-hybridized carbons (Fsp3) is 0.588. The van der Waals surface area contributed by atoms with Gasteiger partial charge in [0, 0.05) is 38.0 Å². The summed E-state index contributed by atoms with van der Waals surface area (Å²) in [7, 11) is 0. The van der Waals surface area contributed by atoms with Crippen LogP contribution in [-0.2, 0) is 16.1 Å². The number of rotatable bonds is 5. The average molecular weight is 336 g/mol. The van der Waals surface area contributed by atoms with Crippen LogP contribution in [0.4, 0.5) is 0 Å². The number of benzene rings is 1. The van der Waals surface area contributed by atoms with Gasteiger partial charge in [-0.25, -0.2) is 0 Å². The largest absolute Gasteiger partial charge is 0.464 e. The fourth-order valence-corrected chi connectivity index (χ4v) is 3.05. The summed E-state index contributed by atoms with van der Waals surface area (Å²) in [6.45, 7) is 2.14. The molecule has 0 aromatic heterocycles. The molecule has 3 rings (SSSR count). The zero-order chi connectivity index (χ0) is 16.9. The number of aliphatic hydroxyl groups excluding tert-OH is 2. The van der Waals surface area contributed by atoms with Gasteiger partial charge in [0.15, 0.2) is 0 Å². The van der Waals surface area contributed by atoms with E-state index in [0.717, 1.165) is 12.1 Å². The van der Waals surface area contributed by atoms with Gasteiger partial charge in [-0.1, -0.05) is 18.2 Å². The van der Waals surface area contributed by atoms with Crippen LogP contribution < -0.4 is 10.1 Å². The highest BCUT2D eigenvalue weighted by atomic mass is 16.7. The van der Waals surface area contributed by atoms with Gasteiger partial charge < -0.3 is 29.9 Å². The number of ether oxygens (including phenoxy) is 2. The van der Waals surface area contributed by atoms with E-state index in [1.54, 1.807) is 4.90 Å². The molecule has 0 saturated carbocycles. The third-order valence-electron chi connectivity index (χ3n) is 4.33. The smallest absolute Gasteiger partial charge is 0.236 e. The highest BCUT2D eigenvalue weighted by Gasteiger charge is 2.30. The average Bonchev–Trinajstić information content (AvgIpc) is 2.58. The zero-order valence-corrected chi connectivity index (χ0v) is 13.6. The molecule has 132 valence electrons. The van der Waals surface area contributed by atoms with E-state index in [4.69, 9.17) is 9.47 Å². The summed E-state index contributed by atoms with van der Waals surface area (Å²) in [6, 6.07) is 7.52. The molecule has 3 atom stereocenters. The predicted molar refractivity (Wildman–Crippen MR) is 86.3 cm³/mol. The lowest BCUT2D eigenvalue weighted by Crippen LogP contribution is -2.47. The van der Waals surface area contributed by atoms with Gasteiger partial charge >= 0.3 is 0 Å². The molecule has 2 fully saturated rings. The van der Waals surface area contributed by atoms with Gasteiger partial charge in [-0.3, -0.25) is 4.79 Å². The SMILES string of the molecule is O=C1CNCCN1Cc1ccccc1OC1CC(O)CC(CO)O1. The number of hydrogen-bond acceptors (Lipinski definition) is 6. The van der Waals surface area contributed by atoms with Crippen molar-refractivity contribution in [3.63, 3.8) is 0 Å². The fourth-order valence-electron chi connectivity index (χ4n) is 3.05. The summed E-state index contributed by atoms with van der Waals surface area (Å²) < 4.78 is 11.6. The molecule has 0 spiro atoms. The van der Waals surface area contributed by atoms with Crippen molar-refractivity contribution in [1.29, 1.82) is 0 Å². The van der Waals surface area contributed by atoms with Crippen molar-refractivity contribution < 1.29 is 24.5 Å². The third-order valence-corrected chi connectivity index (χ3v) is 4.33. The lowest BCUT2D eigenvalue weighted by Gasteiger charge is -2.33. The Morgan fingerprint density at radius 3 is 2.96 bits per heavy atom. The molecule has 24 heavy (non-hydrogen) atoms. The Balaban J connectivity index is 1.68. The van der Waals surface area contributed by atoms with Crippen LogP contribution in [-0.4, -0.2) is 65.8 Å². The number of nitrogens with zero attached hydrogens (tertiary/aromatic N) is 1. The molecule has 1 amide bonds. The molecular weight excluding hydrogens is 312 g/mol. The van der Waals surface area contributed by atoms with Crippen LogP contribution in [0.3, 0.4) is 0 Å². The predicted octanol–water partition coefficient (Wildman–Crippen LogP) is -0.145. The van der Waals surface area contributed by atoms with Gasteiger partial charge in [0.2, 0.25) is 12.2 Å². The van der Waals surface area contributed by atoms with Crippen molar-refractivity contribution in [2.24, 2.45) is 0 Å². The first kappa shape index (κ1) is 17.2. The minimum atomic E-state index is -0.606. The van der Waals surface area contributed by atoms with Crippen LogP contribution in [0.15, 0.2) is 24.3 Å². The van der Waals surface area contributed by atoms with Crippen molar-refractivity contribution >= 4 is 5.91 Å². The van der Waals surface area contributed by atoms with Gasteiger partial charge in [0.05, 0.1) is 25.4 Å². The first-order chi connectivity index (χ1) is 11.7. The standard InChI is InChI=1S/C17H24N2O5/c20-11-14-7-13(21)8-17(23-14)24-15-4-2-1-3-12(15)10-19-6-5-18-9-16(19)22/h1-4,13-14,17-18,20-21H,5-11H2. The summed E-state index contributed by atoms with van der Waals surface area (Å²) in [5.74, 6) is 0.709. The maximum atomic E-state index is 12.0. The highest BCUT2D eigenvalue weighted by Crippen LogP contribution is 2.26. The van der Waals surface area contributed by atoms with E-state index >= 15 is 0 Å². The second-order valence-corrected chi connectivity index (χ2v) is 6.21. The Morgan fingerprint density at radius 1 is 1.33 bits per heavy atom. The molecule has 0 aliphatic carbocycles. The van der Waals surface area contributed by atoms with E-state index in [2.05, 4.69) is 5.32 Å². The van der Waals surface area contributed by atoms with Crippen molar-refractivity contribution in [1.82, 2.24) is 10.2 Å². The number of aliphatic hydroxyl groups is 2. The summed E-state index contributed by atoms with van der Waals surface area (Å²) in [4.78, 5) is 13.8. The van der Waals surface area contributed by atoms with Gasteiger partial charge in [0.25, 0.3) is 0 Å². The van der Waals surface area contributed by atoms with Crippen LogP contribution in [0.1, 0.15) is 18.4 Å². The zero-order valence-electron chi connectivity index (χ0n) is 13.6. The second kappa shape index (κ2) is 7.94. The van der Waals surface area contributed by atoms with Crippen LogP contribution in [0, 0.1) is 0 Å². The molecule has 2 aliphatic heterocycles. The Labute approximate surface area is 141 Å². The third kappa shape index (κ3) is 4.24. The van der Waals surface area contributed by atoms with E-state index in [1.165, 1.54) is 0 Å². The lowest BCUT2D eigenvalue weighted by molar-refractivity contribution is -0.184.